The Balaban J connectivity index is 2.20. The minimum atomic E-state index is -1.05. The molecule has 0 saturated carbocycles. The molecule has 24 heavy (non-hydrogen) atoms. The Morgan fingerprint density at radius 3 is 2.08 bits per heavy atom. The Morgan fingerprint density at radius 1 is 1.04 bits per heavy atom. The maximum Gasteiger partial charge on any atom is 0.331 e. The third kappa shape index (κ3) is 4.38. The summed E-state index contributed by atoms with van der Waals surface area (Å²) in [7, 11) is 1.54. The molecule has 2 atom stereocenters. The van der Waals surface area contributed by atoms with Crippen LogP contribution in [0, 0.1) is 5.92 Å². The molecule has 0 aliphatic heterocycles. The molecule has 0 aliphatic carbocycles. The lowest BCUT2D eigenvalue weighted by molar-refractivity contribution is -0.150. The van der Waals surface area contributed by atoms with E-state index in [0.29, 0.717) is 17.7 Å². The first-order chi connectivity index (χ1) is 11.5. The van der Waals surface area contributed by atoms with Gasteiger partial charge in [0, 0.05) is 12.8 Å². The number of likely N-dealkylation sites (N-methyl/N-ethyl adjacent to an activating group) is 1. The molecule has 0 bridgehead atoms. The van der Waals surface area contributed by atoms with Crippen molar-refractivity contribution in [3.63, 3.8) is 0 Å². The third-order valence-electron chi connectivity index (χ3n) is 3.98. The fourth-order valence-corrected chi connectivity index (χ4v) is 3.00. The molecule has 0 heterocycles. The molecule has 2 aromatic carbocycles. The van der Waals surface area contributed by atoms with E-state index in [9.17, 15) is 14.7 Å². The van der Waals surface area contributed by atoms with Gasteiger partial charge in [-0.15, -0.1) is 0 Å². The summed E-state index contributed by atoms with van der Waals surface area (Å²) < 4.78 is 0. The molecule has 2 rings (SSSR count). The van der Waals surface area contributed by atoms with Crippen molar-refractivity contribution in [3.8, 4) is 0 Å². The standard InChI is InChI=1S/C19H21NO3S/c1-20(17(19(22)23)15-10-6-3-7-11-15)18(21)16(13-24)12-14-8-4-2-5-9-14/h2-11,16-17,24H,12-13H2,1H3,(H,22,23). The quantitative estimate of drug-likeness (QED) is 0.760. The fourth-order valence-electron chi connectivity index (χ4n) is 2.71. The van der Waals surface area contributed by atoms with Gasteiger partial charge in [0.05, 0.1) is 5.92 Å². The Labute approximate surface area is 147 Å². The minimum Gasteiger partial charge on any atom is -0.479 e. The number of benzene rings is 2. The van der Waals surface area contributed by atoms with Gasteiger partial charge in [-0.2, -0.15) is 12.6 Å². The molecule has 2 aromatic rings. The number of carbonyl (C=O) groups is 2. The molecular formula is C19H21NO3S. The van der Waals surface area contributed by atoms with Crippen LogP contribution in [0.2, 0.25) is 0 Å². The normalized spacial score (nSPS) is 13.1. The lowest BCUT2D eigenvalue weighted by Crippen LogP contribution is -2.40. The lowest BCUT2D eigenvalue weighted by Gasteiger charge is -2.28. The number of rotatable bonds is 7. The molecule has 0 spiro atoms. The van der Waals surface area contributed by atoms with E-state index in [1.807, 2.05) is 36.4 Å². The summed E-state index contributed by atoms with van der Waals surface area (Å²) in [4.78, 5) is 25.8. The molecule has 5 heteroatoms. The number of aliphatic carboxylic acids is 1. The first kappa shape index (κ1) is 18.1. The lowest BCUT2D eigenvalue weighted by atomic mass is 9.98. The van der Waals surface area contributed by atoms with Crippen LogP contribution in [0.25, 0.3) is 0 Å². The largest absolute Gasteiger partial charge is 0.479 e. The average Bonchev–Trinajstić information content (AvgIpc) is 2.60. The molecule has 126 valence electrons. The maximum atomic E-state index is 12.8. The van der Waals surface area contributed by atoms with Crippen molar-refractivity contribution in [2.45, 2.75) is 12.5 Å². The van der Waals surface area contributed by atoms with Gasteiger partial charge < -0.3 is 10.0 Å². The molecule has 4 nitrogen and oxygen atoms in total. The van der Waals surface area contributed by atoms with Crippen LogP contribution < -0.4 is 0 Å². The number of carbonyl (C=O) groups excluding carboxylic acids is 1. The Hall–Kier alpha value is -2.27. The zero-order valence-corrected chi connectivity index (χ0v) is 14.4. The van der Waals surface area contributed by atoms with Crippen LogP contribution in [-0.2, 0) is 16.0 Å². The molecular weight excluding hydrogens is 322 g/mol. The monoisotopic (exact) mass is 343 g/mol. The number of thiol groups is 1. The van der Waals surface area contributed by atoms with Crippen molar-refractivity contribution in [1.29, 1.82) is 0 Å². The summed E-state index contributed by atoms with van der Waals surface area (Å²) in [6.45, 7) is 0. The van der Waals surface area contributed by atoms with Crippen molar-refractivity contribution in [2.24, 2.45) is 5.92 Å². The second-order valence-electron chi connectivity index (χ2n) is 5.67. The Morgan fingerprint density at radius 2 is 1.58 bits per heavy atom. The van der Waals surface area contributed by atoms with E-state index in [0.717, 1.165) is 5.56 Å². The van der Waals surface area contributed by atoms with Crippen LogP contribution in [-0.4, -0.2) is 34.7 Å². The van der Waals surface area contributed by atoms with Crippen molar-refractivity contribution in [2.75, 3.05) is 12.8 Å². The highest BCUT2D eigenvalue weighted by Gasteiger charge is 2.31. The van der Waals surface area contributed by atoms with E-state index in [2.05, 4.69) is 12.6 Å². The predicted molar refractivity (Wildman–Crippen MR) is 97.1 cm³/mol. The van der Waals surface area contributed by atoms with Gasteiger partial charge in [-0.1, -0.05) is 60.7 Å². The molecule has 0 saturated heterocycles. The SMILES string of the molecule is CN(C(=O)C(CS)Cc1ccccc1)C(C(=O)O)c1ccccc1. The second kappa shape index (κ2) is 8.55. The number of nitrogens with zero attached hydrogens (tertiary/aromatic N) is 1. The van der Waals surface area contributed by atoms with Gasteiger partial charge in [0.25, 0.3) is 0 Å². The number of hydrogen-bond donors (Lipinski definition) is 2. The first-order valence-corrected chi connectivity index (χ1v) is 8.37. The summed E-state index contributed by atoms with van der Waals surface area (Å²) in [6.07, 6.45) is 0.536. The van der Waals surface area contributed by atoms with Crippen molar-refractivity contribution in [3.05, 3.63) is 71.8 Å². The van der Waals surface area contributed by atoms with Gasteiger partial charge in [-0.25, -0.2) is 4.79 Å². The fraction of sp³-hybridized carbons (Fsp3) is 0.263. The molecule has 2 unspecified atom stereocenters. The highest BCUT2D eigenvalue weighted by atomic mass is 32.1. The predicted octanol–water partition coefficient (Wildman–Crippen LogP) is 3.06. The van der Waals surface area contributed by atoms with Crippen molar-refractivity contribution in [1.82, 2.24) is 4.90 Å². The zero-order valence-electron chi connectivity index (χ0n) is 13.5. The Kier molecular flexibility index (Phi) is 6.44. The highest BCUT2D eigenvalue weighted by Crippen LogP contribution is 2.23. The smallest absolute Gasteiger partial charge is 0.331 e. The molecule has 0 fully saturated rings. The van der Waals surface area contributed by atoms with E-state index in [-0.39, 0.29) is 11.8 Å². The highest BCUT2D eigenvalue weighted by molar-refractivity contribution is 7.80. The van der Waals surface area contributed by atoms with Gasteiger partial charge >= 0.3 is 5.97 Å². The minimum absolute atomic E-state index is 0.217. The van der Waals surface area contributed by atoms with Gasteiger partial charge in [-0.3, -0.25) is 4.79 Å². The summed E-state index contributed by atoms with van der Waals surface area (Å²) in [5.41, 5.74) is 1.61. The van der Waals surface area contributed by atoms with E-state index in [4.69, 9.17) is 0 Å². The van der Waals surface area contributed by atoms with Crippen LogP contribution >= 0.6 is 12.6 Å². The van der Waals surface area contributed by atoms with Gasteiger partial charge in [-0.05, 0) is 17.5 Å². The Bertz CT molecular complexity index is 676. The number of amides is 1. The molecule has 0 radical (unpaired) electrons. The van der Waals surface area contributed by atoms with Gasteiger partial charge in [0.2, 0.25) is 5.91 Å². The van der Waals surface area contributed by atoms with Gasteiger partial charge in [0.1, 0.15) is 0 Å². The topological polar surface area (TPSA) is 57.6 Å². The number of hydrogen-bond acceptors (Lipinski definition) is 3. The van der Waals surface area contributed by atoms with Crippen LogP contribution in [0.3, 0.4) is 0 Å². The summed E-state index contributed by atoms with van der Waals surface area (Å²) in [5.74, 6) is -1.27. The van der Waals surface area contributed by atoms with Crippen LogP contribution in [0.4, 0.5) is 0 Å². The van der Waals surface area contributed by atoms with E-state index < -0.39 is 12.0 Å². The molecule has 0 aliphatic rings. The van der Waals surface area contributed by atoms with Crippen LogP contribution in [0.1, 0.15) is 17.2 Å². The van der Waals surface area contributed by atoms with E-state index >= 15 is 0 Å². The number of carboxylic acids is 1. The summed E-state index contributed by atoms with van der Waals surface area (Å²) >= 11 is 4.29. The van der Waals surface area contributed by atoms with Crippen LogP contribution in [0.5, 0.6) is 0 Å². The molecule has 1 amide bonds. The van der Waals surface area contributed by atoms with E-state index in [1.54, 1.807) is 24.3 Å². The molecule has 0 aromatic heterocycles. The van der Waals surface area contributed by atoms with Gasteiger partial charge in [0.15, 0.2) is 6.04 Å². The summed E-state index contributed by atoms with van der Waals surface area (Å²) in [6, 6.07) is 17.5. The number of carboxylic acid groups (broad SMARTS) is 1. The third-order valence-corrected chi connectivity index (χ3v) is 4.42. The summed E-state index contributed by atoms with van der Waals surface area (Å²) in [5, 5.41) is 9.58. The molecule has 1 N–H and O–H groups in total. The van der Waals surface area contributed by atoms with Crippen molar-refractivity contribution >= 4 is 24.5 Å². The maximum absolute atomic E-state index is 12.8. The van der Waals surface area contributed by atoms with Crippen LogP contribution in [0.15, 0.2) is 60.7 Å². The first-order valence-electron chi connectivity index (χ1n) is 7.73. The second-order valence-corrected chi connectivity index (χ2v) is 6.03. The zero-order chi connectivity index (χ0) is 17.5. The van der Waals surface area contributed by atoms with Crippen molar-refractivity contribution < 1.29 is 14.7 Å². The average molecular weight is 343 g/mol. The van der Waals surface area contributed by atoms with E-state index in [1.165, 1.54) is 11.9 Å².